The number of hydrogen-bond acceptors (Lipinski definition) is 1. The van der Waals surface area contributed by atoms with Crippen molar-refractivity contribution < 1.29 is 0 Å². The second-order valence-electron chi connectivity index (χ2n) is 5.51. The molecule has 0 heterocycles. The molecule has 16 heavy (non-hydrogen) atoms. The van der Waals surface area contributed by atoms with E-state index in [1.165, 1.54) is 64.5 Å². The molecule has 0 saturated heterocycles. The fourth-order valence-corrected chi connectivity index (χ4v) is 2.11. The Morgan fingerprint density at radius 1 is 0.875 bits per heavy atom. The van der Waals surface area contributed by atoms with Crippen LogP contribution in [0.3, 0.4) is 0 Å². The van der Waals surface area contributed by atoms with E-state index in [0.717, 1.165) is 0 Å². The van der Waals surface area contributed by atoms with Crippen LogP contribution in [0.25, 0.3) is 0 Å². The van der Waals surface area contributed by atoms with Gasteiger partial charge in [0.15, 0.2) is 0 Å². The van der Waals surface area contributed by atoms with Crippen molar-refractivity contribution in [1.29, 1.82) is 0 Å². The maximum atomic E-state index is 3.58. The average molecular weight is 227 g/mol. The van der Waals surface area contributed by atoms with Crippen LogP contribution in [0.15, 0.2) is 0 Å². The number of nitrogens with one attached hydrogen (secondary N) is 1. The normalized spacial score (nSPS) is 15.0. The zero-order valence-corrected chi connectivity index (χ0v) is 12.1. The van der Waals surface area contributed by atoms with Gasteiger partial charge in [0.2, 0.25) is 0 Å². The van der Waals surface area contributed by atoms with Gasteiger partial charge in [0.25, 0.3) is 0 Å². The highest BCUT2D eigenvalue weighted by molar-refractivity contribution is 4.75. The molecule has 0 fully saturated rings. The van der Waals surface area contributed by atoms with Gasteiger partial charge in [-0.3, -0.25) is 0 Å². The highest BCUT2D eigenvalue weighted by Crippen LogP contribution is 2.27. The SMILES string of the molecule is CCCCCCCC(C)(CC)CNCCC. The summed E-state index contributed by atoms with van der Waals surface area (Å²) < 4.78 is 0. The Bertz CT molecular complexity index is 144. The molecule has 1 nitrogen and oxygen atoms in total. The zero-order valence-electron chi connectivity index (χ0n) is 12.1. The predicted octanol–water partition coefficient (Wildman–Crippen LogP) is 4.76. The maximum Gasteiger partial charge on any atom is 0.000506 e. The second kappa shape index (κ2) is 10.1. The van der Waals surface area contributed by atoms with Gasteiger partial charge in [0, 0.05) is 6.54 Å². The van der Waals surface area contributed by atoms with Crippen molar-refractivity contribution >= 4 is 0 Å². The Hall–Kier alpha value is -0.0400. The van der Waals surface area contributed by atoms with E-state index in [9.17, 15) is 0 Å². The molecule has 0 aromatic heterocycles. The summed E-state index contributed by atoms with van der Waals surface area (Å²) in [6.45, 7) is 11.7. The smallest absolute Gasteiger partial charge is 0.000506 e. The first kappa shape index (κ1) is 16.0. The third-order valence-corrected chi connectivity index (χ3v) is 3.72. The maximum absolute atomic E-state index is 3.58. The lowest BCUT2D eigenvalue weighted by Gasteiger charge is -2.28. The van der Waals surface area contributed by atoms with E-state index in [0.29, 0.717) is 5.41 Å². The van der Waals surface area contributed by atoms with Crippen molar-refractivity contribution in [3.05, 3.63) is 0 Å². The molecule has 0 aliphatic rings. The van der Waals surface area contributed by atoms with Gasteiger partial charge in [-0.2, -0.15) is 0 Å². The summed E-state index contributed by atoms with van der Waals surface area (Å²) in [6.07, 6.45) is 11.0. The highest BCUT2D eigenvalue weighted by Gasteiger charge is 2.20. The molecule has 0 saturated carbocycles. The van der Waals surface area contributed by atoms with Crippen molar-refractivity contribution in [2.24, 2.45) is 5.41 Å². The predicted molar refractivity (Wildman–Crippen MR) is 74.9 cm³/mol. The van der Waals surface area contributed by atoms with Crippen molar-refractivity contribution in [2.45, 2.75) is 79.1 Å². The number of rotatable bonds is 11. The summed E-state index contributed by atoms with van der Waals surface area (Å²) in [5.41, 5.74) is 0.529. The van der Waals surface area contributed by atoms with Gasteiger partial charge >= 0.3 is 0 Å². The van der Waals surface area contributed by atoms with Gasteiger partial charge in [0.05, 0.1) is 0 Å². The first-order chi connectivity index (χ1) is 7.68. The van der Waals surface area contributed by atoms with Crippen LogP contribution < -0.4 is 5.32 Å². The monoisotopic (exact) mass is 227 g/mol. The van der Waals surface area contributed by atoms with E-state index in [-0.39, 0.29) is 0 Å². The van der Waals surface area contributed by atoms with Gasteiger partial charge in [-0.1, -0.05) is 59.8 Å². The van der Waals surface area contributed by atoms with E-state index < -0.39 is 0 Å². The molecule has 0 radical (unpaired) electrons. The number of hydrogen-bond donors (Lipinski definition) is 1. The molecule has 1 heteroatoms. The van der Waals surface area contributed by atoms with Crippen LogP contribution >= 0.6 is 0 Å². The molecule has 0 aromatic rings. The Labute approximate surface area is 103 Å². The highest BCUT2D eigenvalue weighted by atomic mass is 14.9. The van der Waals surface area contributed by atoms with Gasteiger partial charge in [-0.15, -0.1) is 0 Å². The summed E-state index contributed by atoms with van der Waals surface area (Å²) in [7, 11) is 0. The molecule has 0 aliphatic carbocycles. The summed E-state index contributed by atoms with van der Waals surface area (Å²) >= 11 is 0. The largest absolute Gasteiger partial charge is 0.316 e. The van der Waals surface area contributed by atoms with Crippen LogP contribution in [0.2, 0.25) is 0 Å². The van der Waals surface area contributed by atoms with E-state index in [1.54, 1.807) is 0 Å². The quantitative estimate of drug-likeness (QED) is 0.502. The standard InChI is InChI=1S/C15H33N/c1-5-8-9-10-11-12-15(4,7-3)14-16-13-6-2/h16H,5-14H2,1-4H3. The van der Waals surface area contributed by atoms with Gasteiger partial charge in [0.1, 0.15) is 0 Å². The van der Waals surface area contributed by atoms with E-state index in [4.69, 9.17) is 0 Å². The lowest BCUT2D eigenvalue weighted by atomic mass is 9.82. The molecule has 0 spiro atoms. The van der Waals surface area contributed by atoms with Gasteiger partial charge < -0.3 is 5.32 Å². The molecule has 0 rings (SSSR count). The van der Waals surface area contributed by atoms with Crippen LogP contribution in [0, 0.1) is 5.41 Å². The molecule has 1 atom stereocenters. The van der Waals surface area contributed by atoms with Crippen LogP contribution in [0.4, 0.5) is 0 Å². The third kappa shape index (κ3) is 8.15. The molecular weight excluding hydrogens is 194 g/mol. The summed E-state index contributed by atoms with van der Waals surface area (Å²) in [6, 6.07) is 0. The van der Waals surface area contributed by atoms with E-state index in [2.05, 4.69) is 33.0 Å². The molecule has 1 unspecified atom stereocenters. The summed E-state index contributed by atoms with van der Waals surface area (Å²) in [5.74, 6) is 0. The first-order valence-corrected chi connectivity index (χ1v) is 7.39. The fourth-order valence-electron chi connectivity index (χ4n) is 2.11. The Balaban J connectivity index is 3.61. The zero-order chi connectivity index (χ0) is 12.3. The van der Waals surface area contributed by atoms with Crippen molar-refractivity contribution in [3.63, 3.8) is 0 Å². The van der Waals surface area contributed by atoms with Gasteiger partial charge in [-0.05, 0) is 31.2 Å². The first-order valence-electron chi connectivity index (χ1n) is 7.39. The van der Waals surface area contributed by atoms with Crippen molar-refractivity contribution in [3.8, 4) is 0 Å². The minimum Gasteiger partial charge on any atom is -0.316 e. The fraction of sp³-hybridized carbons (Fsp3) is 1.00. The third-order valence-electron chi connectivity index (χ3n) is 3.72. The molecule has 1 N–H and O–H groups in total. The lowest BCUT2D eigenvalue weighted by molar-refractivity contribution is 0.259. The lowest BCUT2D eigenvalue weighted by Crippen LogP contribution is -2.31. The summed E-state index contributed by atoms with van der Waals surface area (Å²) in [4.78, 5) is 0. The molecule has 0 bridgehead atoms. The minimum atomic E-state index is 0.529. The van der Waals surface area contributed by atoms with Crippen LogP contribution in [-0.2, 0) is 0 Å². The topological polar surface area (TPSA) is 12.0 Å². The van der Waals surface area contributed by atoms with E-state index in [1.807, 2.05) is 0 Å². The van der Waals surface area contributed by atoms with E-state index >= 15 is 0 Å². The molecule has 0 amide bonds. The second-order valence-corrected chi connectivity index (χ2v) is 5.51. The minimum absolute atomic E-state index is 0.529. The van der Waals surface area contributed by atoms with Crippen LogP contribution in [0.1, 0.15) is 79.1 Å². The summed E-state index contributed by atoms with van der Waals surface area (Å²) in [5, 5.41) is 3.58. The van der Waals surface area contributed by atoms with Gasteiger partial charge in [-0.25, -0.2) is 0 Å². The Kier molecular flexibility index (Phi) is 10.1. The molecule has 0 aliphatic heterocycles. The Morgan fingerprint density at radius 2 is 1.56 bits per heavy atom. The molecule has 0 aromatic carbocycles. The molecular formula is C15H33N. The van der Waals surface area contributed by atoms with Crippen molar-refractivity contribution in [2.75, 3.05) is 13.1 Å². The van der Waals surface area contributed by atoms with Crippen LogP contribution in [-0.4, -0.2) is 13.1 Å². The van der Waals surface area contributed by atoms with Crippen LogP contribution in [0.5, 0.6) is 0 Å². The van der Waals surface area contributed by atoms with Crippen molar-refractivity contribution in [1.82, 2.24) is 5.32 Å². The Morgan fingerprint density at radius 3 is 2.12 bits per heavy atom. The number of unbranched alkanes of at least 4 members (excludes halogenated alkanes) is 4. The molecule has 98 valence electrons. The average Bonchev–Trinajstić information content (AvgIpc) is 2.29.